The van der Waals surface area contributed by atoms with Gasteiger partial charge in [-0.15, -0.1) is 0 Å². The Balaban J connectivity index is 2.02. The first kappa shape index (κ1) is 13.9. The highest BCUT2D eigenvalue weighted by atomic mass is 16.3. The summed E-state index contributed by atoms with van der Waals surface area (Å²) in [6.45, 7) is 1.77. The fraction of sp³-hybridized carbons (Fsp3) is 0.133. The molecule has 5 nitrogen and oxygen atoms in total. The molecule has 20 heavy (non-hydrogen) atoms. The summed E-state index contributed by atoms with van der Waals surface area (Å²) in [5.41, 5.74) is 4.38. The van der Waals surface area contributed by atoms with Crippen molar-refractivity contribution in [3.8, 4) is 0 Å². The number of carbonyl (C=O) groups is 1. The van der Waals surface area contributed by atoms with Crippen LogP contribution in [0.3, 0.4) is 0 Å². The quantitative estimate of drug-likeness (QED) is 0.654. The Bertz CT molecular complexity index is 597. The standard InChI is InChI=1S/C15H15N3O2/c1-11(12-7-9-16-10-8-12)17-18-15(20)14(19)13-5-3-2-4-6-13/h2-10,14,19H,1H3,(H,18,20)/b17-11-/t14-/m0/s1. The van der Waals surface area contributed by atoms with Gasteiger partial charge >= 0.3 is 0 Å². The van der Waals surface area contributed by atoms with E-state index in [-0.39, 0.29) is 0 Å². The van der Waals surface area contributed by atoms with Gasteiger partial charge in [0.15, 0.2) is 6.10 Å². The zero-order chi connectivity index (χ0) is 14.4. The molecular weight excluding hydrogens is 254 g/mol. The van der Waals surface area contributed by atoms with Crippen LogP contribution in [0.2, 0.25) is 0 Å². The van der Waals surface area contributed by atoms with Crippen LogP contribution >= 0.6 is 0 Å². The summed E-state index contributed by atoms with van der Waals surface area (Å²) in [7, 11) is 0. The number of aliphatic hydroxyl groups excluding tert-OH is 1. The van der Waals surface area contributed by atoms with Crippen molar-refractivity contribution in [3.63, 3.8) is 0 Å². The number of benzene rings is 1. The van der Waals surface area contributed by atoms with E-state index in [9.17, 15) is 9.90 Å². The molecule has 0 spiro atoms. The smallest absolute Gasteiger partial charge is 0.273 e. The predicted molar refractivity (Wildman–Crippen MR) is 76.0 cm³/mol. The van der Waals surface area contributed by atoms with Gasteiger partial charge in [-0.25, -0.2) is 5.43 Å². The molecule has 5 heteroatoms. The van der Waals surface area contributed by atoms with Crippen LogP contribution in [0.4, 0.5) is 0 Å². The Morgan fingerprint density at radius 2 is 1.85 bits per heavy atom. The first-order valence-electron chi connectivity index (χ1n) is 6.16. The van der Waals surface area contributed by atoms with Gasteiger partial charge in [-0.2, -0.15) is 5.10 Å². The molecule has 0 saturated carbocycles. The number of rotatable bonds is 4. The van der Waals surface area contributed by atoms with E-state index in [2.05, 4.69) is 15.5 Å². The number of pyridine rings is 1. The summed E-state index contributed by atoms with van der Waals surface area (Å²) in [6, 6.07) is 12.3. The molecule has 2 N–H and O–H groups in total. The lowest BCUT2D eigenvalue weighted by atomic mass is 10.1. The van der Waals surface area contributed by atoms with Gasteiger partial charge in [0.25, 0.3) is 5.91 Å². The highest BCUT2D eigenvalue weighted by molar-refractivity contribution is 5.99. The molecule has 0 fully saturated rings. The maximum absolute atomic E-state index is 11.8. The van der Waals surface area contributed by atoms with Gasteiger partial charge in [0, 0.05) is 18.0 Å². The van der Waals surface area contributed by atoms with E-state index < -0.39 is 12.0 Å². The molecule has 1 aromatic heterocycles. The number of carbonyl (C=O) groups excluding carboxylic acids is 1. The van der Waals surface area contributed by atoms with Crippen molar-refractivity contribution < 1.29 is 9.90 Å². The predicted octanol–water partition coefficient (Wildman–Crippen LogP) is 1.66. The van der Waals surface area contributed by atoms with Crippen LogP contribution in [-0.4, -0.2) is 21.7 Å². The van der Waals surface area contributed by atoms with Crippen molar-refractivity contribution in [3.05, 3.63) is 66.0 Å². The van der Waals surface area contributed by atoms with Crippen molar-refractivity contribution in [2.45, 2.75) is 13.0 Å². The second kappa shape index (κ2) is 6.58. The maximum Gasteiger partial charge on any atom is 0.273 e. The largest absolute Gasteiger partial charge is 0.378 e. The lowest BCUT2D eigenvalue weighted by Crippen LogP contribution is -2.26. The number of hydrogen-bond donors (Lipinski definition) is 2. The highest BCUT2D eigenvalue weighted by Crippen LogP contribution is 2.11. The van der Waals surface area contributed by atoms with Crippen LogP contribution in [0.5, 0.6) is 0 Å². The summed E-state index contributed by atoms with van der Waals surface area (Å²) >= 11 is 0. The average molecular weight is 269 g/mol. The van der Waals surface area contributed by atoms with Gasteiger partial charge < -0.3 is 5.11 Å². The van der Waals surface area contributed by atoms with Crippen LogP contribution in [0.15, 0.2) is 60.0 Å². The van der Waals surface area contributed by atoms with E-state index in [0.717, 1.165) is 5.56 Å². The normalized spacial score (nSPS) is 12.8. The van der Waals surface area contributed by atoms with Gasteiger partial charge in [0.1, 0.15) is 0 Å². The Morgan fingerprint density at radius 3 is 2.50 bits per heavy atom. The van der Waals surface area contributed by atoms with E-state index in [1.807, 2.05) is 6.07 Å². The van der Waals surface area contributed by atoms with Crippen LogP contribution in [0.1, 0.15) is 24.2 Å². The number of aromatic nitrogens is 1. The second-order valence-electron chi connectivity index (χ2n) is 4.22. The number of amides is 1. The van der Waals surface area contributed by atoms with Crippen LogP contribution < -0.4 is 5.43 Å². The van der Waals surface area contributed by atoms with Gasteiger partial charge in [-0.1, -0.05) is 30.3 Å². The molecule has 0 radical (unpaired) electrons. The minimum atomic E-state index is -1.23. The third kappa shape index (κ3) is 3.49. The summed E-state index contributed by atoms with van der Waals surface area (Å²) in [5.74, 6) is -0.565. The monoisotopic (exact) mass is 269 g/mol. The lowest BCUT2D eigenvalue weighted by Gasteiger charge is -2.09. The molecule has 0 bridgehead atoms. The van der Waals surface area contributed by atoms with Gasteiger partial charge in [-0.3, -0.25) is 9.78 Å². The van der Waals surface area contributed by atoms with Crippen LogP contribution in [-0.2, 0) is 4.79 Å². The molecule has 1 amide bonds. The van der Waals surface area contributed by atoms with E-state index in [4.69, 9.17) is 0 Å². The van der Waals surface area contributed by atoms with E-state index in [1.54, 1.807) is 55.7 Å². The zero-order valence-corrected chi connectivity index (χ0v) is 11.0. The van der Waals surface area contributed by atoms with Crippen LogP contribution in [0, 0.1) is 0 Å². The topological polar surface area (TPSA) is 74.6 Å². The first-order valence-corrected chi connectivity index (χ1v) is 6.16. The summed E-state index contributed by atoms with van der Waals surface area (Å²) in [6.07, 6.45) is 2.06. The summed E-state index contributed by atoms with van der Waals surface area (Å²) in [5, 5.41) is 13.9. The van der Waals surface area contributed by atoms with Crippen molar-refractivity contribution in [2.75, 3.05) is 0 Å². The van der Waals surface area contributed by atoms with E-state index in [0.29, 0.717) is 11.3 Å². The average Bonchev–Trinajstić information content (AvgIpc) is 2.53. The lowest BCUT2D eigenvalue weighted by molar-refractivity contribution is -0.129. The Labute approximate surface area is 117 Å². The second-order valence-corrected chi connectivity index (χ2v) is 4.22. The molecule has 2 aromatic rings. The molecule has 1 heterocycles. The van der Waals surface area contributed by atoms with Gasteiger partial charge in [0.05, 0.1) is 5.71 Å². The first-order chi connectivity index (χ1) is 9.68. The zero-order valence-electron chi connectivity index (χ0n) is 11.0. The maximum atomic E-state index is 11.8. The molecule has 102 valence electrons. The number of nitrogens with zero attached hydrogens (tertiary/aromatic N) is 2. The fourth-order valence-corrected chi connectivity index (χ4v) is 1.64. The SMILES string of the molecule is C/C(=N/NC(=O)[C@@H](O)c1ccccc1)c1ccncc1. The molecule has 0 aliphatic rings. The molecule has 1 atom stereocenters. The molecule has 0 saturated heterocycles. The minimum Gasteiger partial charge on any atom is -0.378 e. The third-order valence-electron chi connectivity index (χ3n) is 2.80. The summed E-state index contributed by atoms with van der Waals surface area (Å²) in [4.78, 5) is 15.7. The number of aliphatic hydroxyl groups is 1. The van der Waals surface area contributed by atoms with Crippen molar-refractivity contribution >= 4 is 11.6 Å². The Morgan fingerprint density at radius 1 is 1.20 bits per heavy atom. The Hall–Kier alpha value is -2.53. The molecule has 1 aromatic carbocycles. The molecule has 0 unspecified atom stereocenters. The van der Waals surface area contributed by atoms with Crippen molar-refractivity contribution in [2.24, 2.45) is 5.10 Å². The molecule has 2 rings (SSSR count). The van der Waals surface area contributed by atoms with Crippen molar-refractivity contribution in [1.82, 2.24) is 10.4 Å². The number of hydrazone groups is 1. The number of hydrogen-bond acceptors (Lipinski definition) is 4. The van der Waals surface area contributed by atoms with Gasteiger partial charge in [-0.05, 0) is 24.6 Å². The van der Waals surface area contributed by atoms with Crippen LogP contribution in [0.25, 0.3) is 0 Å². The molecule has 0 aliphatic heterocycles. The van der Waals surface area contributed by atoms with Crippen molar-refractivity contribution in [1.29, 1.82) is 0 Å². The number of nitrogens with one attached hydrogen (secondary N) is 1. The third-order valence-corrected chi connectivity index (χ3v) is 2.80. The minimum absolute atomic E-state index is 0.529. The fourth-order valence-electron chi connectivity index (χ4n) is 1.64. The molecular formula is C15H15N3O2. The van der Waals surface area contributed by atoms with E-state index in [1.165, 1.54) is 0 Å². The Kier molecular flexibility index (Phi) is 4.57. The van der Waals surface area contributed by atoms with E-state index >= 15 is 0 Å². The van der Waals surface area contributed by atoms with Gasteiger partial charge in [0.2, 0.25) is 0 Å². The highest BCUT2D eigenvalue weighted by Gasteiger charge is 2.16. The molecule has 0 aliphatic carbocycles. The summed E-state index contributed by atoms with van der Waals surface area (Å²) < 4.78 is 0.